The van der Waals surface area contributed by atoms with E-state index < -0.39 is 0 Å². The summed E-state index contributed by atoms with van der Waals surface area (Å²) in [7, 11) is 0. The minimum Gasteiger partial charge on any atom is -0.324 e. The van der Waals surface area contributed by atoms with Gasteiger partial charge in [0.15, 0.2) is 0 Å². The molecule has 116 valence electrons. The molecule has 3 rings (SSSR count). The standard InChI is InChI=1S/C17H15ClN4O/c1-11-7-8-13(18)10-14(11)19-17-20-16(23)15(21-22-17)9-12-5-3-2-4-6-12/h2-8,10H,9H2,1H3,(H2,19,20,22,23). The SMILES string of the molecule is Cc1ccc(Cl)cc1Nc1nnc(Cc2ccccc2)c(=O)[nH]1. The Kier molecular flexibility index (Phi) is 4.39. The molecule has 2 N–H and O–H groups in total. The first-order chi connectivity index (χ1) is 11.1. The molecule has 0 saturated heterocycles. The Morgan fingerprint density at radius 1 is 1.13 bits per heavy atom. The topological polar surface area (TPSA) is 70.7 Å². The van der Waals surface area contributed by atoms with E-state index in [0.717, 1.165) is 16.8 Å². The van der Waals surface area contributed by atoms with Crippen LogP contribution in [0.5, 0.6) is 0 Å². The van der Waals surface area contributed by atoms with Gasteiger partial charge in [0.2, 0.25) is 5.95 Å². The van der Waals surface area contributed by atoms with Gasteiger partial charge in [-0.05, 0) is 30.2 Å². The molecule has 0 aliphatic rings. The summed E-state index contributed by atoms with van der Waals surface area (Å²) < 4.78 is 0. The number of halogens is 1. The number of aryl methyl sites for hydroxylation is 1. The van der Waals surface area contributed by atoms with Crippen LogP contribution in [-0.2, 0) is 6.42 Å². The maximum Gasteiger partial charge on any atom is 0.274 e. The van der Waals surface area contributed by atoms with Gasteiger partial charge in [-0.1, -0.05) is 48.0 Å². The predicted molar refractivity (Wildman–Crippen MR) is 91.4 cm³/mol. The Hall–Kier alpha value is -2.66. The van der Waals surface area contributed by atoms with Gasteiger partial charge >= 0.3 is 0 Å². The lowest BCUT2D eigenvalue weighted by atomic mass is 10.1. The third kappa shape index (κ3) is 3.76. The number of rotatable bonds is 4. The first-order valence-corrected chi connectivity index (χ1v) is 7.52. The van der Waals surface area contributed by atoms with Gasteiger partial charge < -0.3 is 5.32 Å². The highest BCUT2D eigenvalue weighted by atomic mass is 35.5. The summed E-state index contributed by atoms with van der Waals surface area (Å²) in [6.45, 7) is 1.94. The predicted octanol–water partition coefficient (Wildman–Crippen LogP) is 3.46. The molecule has 1 aromatic heterocycles. The summed E-state index contributed by atoms with van der Waals surface area (Å²) in [6.07, 6.45) is 0.444. The van der Waals surface area contributed by atoms with E-state index in [9.17, 15) is 4.79 Å². The average molecular weight is 327 g/mol. The van der Waals surface area contributed by atoms with Crippen molar-refractivity contribution in [3.8, 4) is 0 Å². The second-order valence-corrected chi connectivity index (χ2v) is 5.63. The van der Waals surface area contributed by atoms with E-state index in [4.69, 9.17) is 11.6 Å². The van der Waals surface area contributed by atoms with Gasteiger partial charge in [-0.15, -0.1) is 10.2 Å². The third-order valence-corrected chi connectivity index (χ3v) is 3.67. The highest BCUT2D eigenvalue weighted by molar-refractivity contribution is 6.30. The molecule has 2 aromatic carbocycles. The van der Waals surface area contributed by atoms with E-state index >= 15 is 0 Å². The highest BCUT2D eigenvalue weighted by Gasteiger charge is 2.07. The van der Waals surface area contributed by atoms with Gasteiger partial charge in [-0.3, -0.25) is 9.78 Å². The summed E-state index contributed by atoms with van der Waals surface area (Å²) >= 11 is 5.98. The van der Waals surface area contributed by atoms with Gasteiger partial charge in [0.05, 0.1) is 0 Å². The number of aromatic amines is 1. The lowest BCUT2D eigenvalue weighted by Crippen LogP contribution is -2.19. The fourth-order valence-electron chi connectivity index (χ4n) is 2.18. The normalized spacial score (nSPS) is 10.5. The van der Waals surface area contributed by atoms with E-state index in [1.54, 1.807) is 12.1 Å². The Labute approximate surface area is 138 Å². The molecule has 0 bridgehead atoms. The fraction of sp³-hybridized carbons (Fsp3) is 0.118. The van der Waals surface area contributed by atoms with Crippen molar-refractivity contribution in [3.05, 3.63) is 80.7 Å². The zero-order valence-electron chi connectivity index (χ0n) is 12.5. The van der Waals surface area contributed by atoms with Crippen molar-refractivity contribution in [2.24, 2.45) is 0 Å². The summed E-state index contributed by atoms with van der Waals surface area (Å²) in [5, 5.41) is 11.7. The van der Waals surface area contributed by atoms with Crippen molar-refractivity contribution >= 4 is 23.2 Å². The second kappa shape index (κ2) is 6.62. The van der Waals surface area contributed by atoms with Crippen LogP contribution >= 0.6 is 11.6 Å². The van der Waals surface area contributed by atoms with Crippen molar-refractivity contribution < 1.29 is 0 Å². The molecule has 0 amide bonds. The molecule has 23 heavy (non-hydrogen) atoms. The van der Waals surface area contributed by atoms with E-state index in [0.29, 0.717) is 17.1 Å². The number of H-pyrrole nitrogens is 1. The molecule has 0 saturated carbocycles. The van der Waals surface area contributed by atoms with E-state index in [1.165, 1.54) is 0 Å². The summed E-state index contributed by atoms with van der Waals surface area (Å²) in [6, 6.07) is 15.1. The molecule has 0 radical (unpaired) electrons. The number of nitrogens with one attached hydrogen (secondary N) is 2. The minimum atomic E-state index is -0.258. The monoisotopic (exact) mass is 326 g/mol. The van der Waals surface area contributed by atoms with Crippen LogP contribution in [0.15, 0.2) is 53.3 Å². The van der Waals surface area contributed by atoms with E-state index in [1.807, 2.05) is 43.3 Å². The fourth-order valence-corrected chi connectivity index (χ4v) is 2.35. The molecule has 3 aromatic rings. The Morgan fingerprint density at radius 3 is 2.65 bits per heavy atom. The van der Waals surface area contributed by atoms with Crippen molar-refractivity contribution in [3.63, 3.8) is 0 Å². The van der Waals surface area contributed by atoms with Gasteiger partial charge in [-0.2, -0.15) is 0 Å². The molecular formula is C17H15ClN4O. The van der Waals surface area contributed by atoms with Gasteiger partial charge in [0.25, 0.3) is 5.56 Å². The summed E-state index contributed by atoms with van der Waals surface area (Å²) in [4.78, 5) is 14.9. The van der Waals surface area contributed by atoms with Crippen LogP contribution < -0.4 is 10.9 Å². The average Bonchev–Trinajstić information content (AvgIpc) is 2.54. The van der Waals surface area contributed by atoms with Crippen LogP contribution in [0.25, 0.3) is 0 Å². The summed E-state index contributed by atoms with van der Waals surface area (Å²) in [5.41, 5.74) is 2.90. The van der Waals surface area contributed by atoms with Crippen molar-refractivity contribution in [2.45, 2.75) is 13.3 Å². The van der Waals surface area contributed by atoms with Crippen molar-refractivity contribution in [1.82, 2.24) is 15.2 Å². The van der Waals surface area contributed by atoms with Crippen molar-refractivity contribution in [2.75, 3.05) is 5.32 Å². The van der Waals surface area contributed by atoms with Crippen LogP contribution in [0.4, 0.5) is 11.6 Å². The first kappa shape index (κ1) is 15.2. The smallest absolute Gasteiger partial charge is 0.274 e. The first-order valence-electron chi connectivity index (χ1n) is 7.15. The number of hydrogen-bond donors (Lipinski definition) is 2. The largest absolute Gasteiger partial charge is 0.324 e. The van der Waals surface area contributed by atoms with Gasteiger partial charge in [0, 0.05) is 17.1 Å². The Balaban J connectivity index is 1.82. The van der Waals surface area contributed by atoms with Gasteiger partial charge in [-0.25, -0.2) is 0 Å². The lowest BCUT2D eigenvalue weighted by Gasteiger charge is -2.08. The zero-order valence-corrected chi connectivity index (χ0v) is 13.3. The molecule has 1 heterocycles. The maximum atomic E-state index is 12.2. The molecule has 5 nitrogen and oxygen atoms in total. The number of hydrogen-bond acceptors (Lipinski definition) is 4. The summed E-state index contributed by atoms with van der Waals surface area (Å²) in [5.74, 6) is 0.289. The highest BCUT2D eigenvalue weighted by Crippen LogP contribution is 2.22. The maximum absolute atomic E-state index is 12.2. The number of anilines is 2. The van der Waals surface area contributed by atoms with Crippen molar-refractivity contribution in [1.29, 1.82) is 0 Å². The quantitative estimate of drug-likeness (QED) is 0.770. The molecule has 0 atom stereocenters. The molecule has 0 unspecified atom stereocenters. The lowest BCUT2D eigenvalue weighted by molar-refractivity contribution is 0.874. The third-order valence-electron chi connectivity index (χ3n) is 3.43. The molecular weight excluding hydrogens is 312 g/mol. The molecule has 6 heteroatoms. The van der Waals surface area contributed by atoms with E-state index in [2.05, 4.69) is 20.5 Å². The van der Waals surface area contributed by atoms with Crippen LogP contribution in [0, 0.1) is 6.92 Å². The van der Waals surface area contributed by atoms with Crippen LogP contribution in [0.2, 0.25) is 5.02 Å². The number of aromatic nitrogens is 3. The van der Waals surface area contributed by atoms with Crippen LogP contribution in [-0.4, -0.2) is 15.2 Å². The molecule has 0 spiro atoms. The molecule has 0 aliphatic carbocycles. The Morgan fingerprint density at radius 2 is 1.91 bits per heavy atom. The van der Waals surface area contributed by atoms with Crippen LogP contribution in [0.1, 0.15) is 16.8 Å². The molecule has 0 aliphatic heterocycles. The molecule has 0 fully saturated rings. The minimum absolute atomic E-state index is 0.258. The second-order valence-electron chi connectivity index (χ2n) is 5.20. The van der Waals surface area contributed by atoms with Gasteiger partial charge in [0.1, 0.15) is 5.69 Å². The van der Waals surface area contributed by atoms with Crippen LogP contribution in [0.3, 0.4) is 0 Å². The van der Waals surface area contributed by atoms with E-state index in [-0.39, 0.29) is 11.5 Å². The number of benzene rings is 2. The number of nitrogens with zero attached hydrogens (tertiary/aromatic N) is 2. The zero-order chi connectivity index (χ0) is 16.2. The Bertz CT molecular complexity index is 877.